The molecule has 0 bridgehead atoms. The van der Waals surface area contributed by atoms with Crippen molar-refractivity contribution in [3.05, 3.63) is 18.2 Å². The zero-order chi connectivity index (χ0) is 15.1. The van der Waals surface area contributed by atoms with Gasteiger partial charge in [0.15, 0.2) is 0 Å². The first-order chi connectivity index (χ1) is 9.40. The van der Waals surface area contributed by atoms with Crippen LogP contribution in [0.1, 0.15) is 18.7 Å². The molecule has 9 nitrogen and oxygen atoms in total. The molecule has 1 atom stereocenters. The highest BCUT2D eigenvalue weighted by Gasteiger charge is 2.20. The maximum Gasteiger partial charge on any atom is 0.326 e. The van der Waals surface area contributed by atoms with E-state index in [-0.39, 0.29) is 19.4 Å². The molecular weight excluding hydrogens is 266 g/mol. The fourth-order valence-electron chi connectivity index (χ4n) is 1.48. The number of carbonyl (C=O) groups excluding carboxylic acids is 2. The molecule has 0 aliphatic carbocycles. The lowest BCUT2D eigenvalue weighted by Gasteiger charge is -2.14. The van der Waals surface area contributed by atoms with Crippen molar-refractivity contribution in [1.29, 1.82) is 0 Å². The van der Waals surface area contributed by atoms with E-state index in [0.29, 0.717) is 5.82 Å². The van der Waals surface area contributed by atoms with Gasteiger partial charge in [-0.05, 0) is 6.42 Å². The van der Waals surface area contributed by atoms with Crippen LogP contribution >= 0.6 is 0 Å². The Balaban J connectivity index is 2.43. The van der Waals surface area contributed by atoms with Crippen LogP contribution in [0.5, 0.6) is 0 Å². The lowest BCUT2D eigenvalue weighted by molar-refractivity contribution is -0.139. The first-order valence-corrected chi connectivity index (χ1v) is 5.92. The number of carbonyl (C=O) groups is 3. The summed E-state index contributed by atoms with van der Waals surface area (Å²) in [7, 11) is 1.77. The van der Waals surface area contributed by atoms with Crippen molar-refractivity contribution in [3.8, 4) is 0 Å². The molecule has 20 heavy (non-hydrogen) atoms. The van der Waals surface area contributed by atoms with Crippen LogP contribution in [0.3, 0.4) is 0 Å². The van der Waals surface area contributed by atoms with Gasteiger partial charge in [-0.25, -0.2) is 14.6 Å². The van der Waals surface area contributed by atoms with Gasteiger partial charge in [-0.2, -0.15) is 0 Å². The number of amides is 3. The van der Waals surface area contributed by atoms with Crippen molar-refractivity contribution in [2.75, 3.05) is 0 Å². The van der Waals surface area contributed by atoms with Crippen LogP contribution in [-0.2, 0) is 23.2 Å². The Morgan fingerprint density at radius 3 is 2.70 bits per heavy atom. The largest absolute Gasteiger partial charge is 0.480 e. The van der Waals surface area contributed by atoms with E-state index in [1.165, 1.54) is 0 Å². The Kier molecular flexibility index (Phi) is 5.51. The molecule has 1 aromatic heterocycles. The number of aliphatic carboxylic acids is 1. The smallest absolute Gasteiger partial charge is 0.326 e. The van der Waals surface area contributed by atoms with E-state index in [1.807, 2.05) is 0 Å². The predicted octanol–water partition coefficient (Wildman–Crippen LogP) is -1.06. The van der Waals surface area contributed by atoms with E-state index in [1.54, 1.807) is 24.0 Å². The van der Waals surface area contributed by atoms with Crippen LogP contribution in [0, 0.1) is 0 Å². The van der Waals surface area contributed by atoms with Crippen molar-refractivity contribution < 1.29 is 19.5 Å². The quantitative estimate of drug-likeness (QED) is 0.505. The van der Waals surface area contributed by atoms with Gasteiger partial charge >= 0.3 is 12.0 Å². The Morgan fingerprint density at radius 1 is 1.50 bits per heavy atom. The van der Waals surface area contributed by atoms with Gasteiger partial charge in [-0.1, -0.05) is 0 Å². The Hall–Kier alpha value is -2.58. The number of hydrogen-bond donors (Lipinski definition) is 4. The molecule has 0 radical (unpaired) electrons. The van der Waals surface area contributed by atoms with Crippen molar-refractivity contribution in [1.82, 2.24) is 20.2 Å². The van der Waals surface area contributed by atoms with Crippen molar-refractivity contribution >= 4 is 17.9 Å². The molecule has 0 saturated carbocycles. The average Bonchev–Trinajstić information content (AvgIpc) is 2.77. The number of carboxylic acid groups (broad SMARTS) is 1. The summed E-state index contributed by atoms with van der Waals surface area (Å²) in [5, 5.41) is 13.7. The summed E-state index contributed by atoms with van der Waals surface area (Å²) in [6.07, 6.45) is 3.14. The van der Waals surface area contributed by atoms with Gasteiger partial charge in [0.05, 0.1) is 6.54 Å². The zero-order valence-corrected chi connectivity index (χ0v) is 11.0. The summed E-state index contributed by atoms with van der Waals surface area (Å²) in [4.78, 5) is 37.1. The topological polar surface area (TPSA) is 139 Å². The number of rotatable bonds is 7. The summed E-state index contributed by atoms with van der Waals surface area (Å²) in [5.74, 6) is -1.21. The molecule has 5 N–H and O–H groups in total. The zero-order valence-electron chi connectivity index (χ0n) is 11.0. The third kappa shape index (κ3) is 4.96. The monoisotopic (exact) mass is 283 g/mol. The minimum Gasteiger partial charge on any atom is -0.480 e. The molecular formula is C11H17N5O4. The number of primary amides is 1. The fourth-order valence-corrected chi connectivity index (χ4v) is 1.48. The first-order valence-electron chi connectivity index (χ1n) is 5.92. The molecule has 1 aromatic rings. The number of aromatic nitrogens is 2. The molecule has 0 aromatic carbocycles. The second-order valence-corrected chi connectivity index (χ2v) is 4.18. The van der Waals surface area contributed by atoms with Crippen molar-refractivity contribution in [2.24, 2.45) is 12.8 Å². The molecule has 1 unspecified atom stereocenters. The lowest BCUT2D eigenvalue weighted by atomic mass is 10.1. The SMILES string of the molecule is Cn1ccnc1CNC(=O)NC(CCC(N)=O)C(=O)O. The Bertz CT molecular complexity index is 499. The van der Waals surface area contributed by atoms with Crippen LogP contribution in [0.25, 0.3) is 0 Å². The van der Waals surface area contributed by atoms with Crippen LogP contribution < -0.4 is 16.4 Å². The number of imidazole rings is 1. The Morgan fingerprint density at radius 2 is 2.20 bits per heavy atom. The highest BCUT2D eigenvalue weighted by molar-refractivity contribution is 5.83. The summed E-state index contributed by atoms with van der Waals surface area (Å²) in [6.45, 7) is 0.164. The number of nitrogens with one attached hydrogen (secondary N) is 2. The predicted molar refractivity (Wildman–Crippen MR) is 68.4 cm³/mol. The summed E-state index contributed by atoms with van der Waals surface area (Å²) >= 11 is 0. The second-order valence-electron chi connectivity index (χ2n) is 4.18. The van der Waals surface area contributed by atoms with Crippen LogP contribution in [0.4, 0.5) is 4.79 Å². The highest BCUT2D eigenvalue weighted by Crippen LogP contribution is 1.98. The highest BCUT2D eigenvalue weighted by atomic mass is 16.4. The summed E-state index contributed by atoms with van der Waals surface area (Å²) < 4.78 is 1.72. The minimum absolute atomic E-state index is 0.0551. The molecule has 0 aliphatic heterocycles. The normalized spacial score (nSPS) is 11.7. The summed E-state index contributed by atoms with van der Waals surface area (Å²) in [5.41, 5.74) is 4.94. The van der Waals surface area contributed by atoms with Crippen LogP contribution in [-0.4, -0.2) is 38.6 Å². The van der Waals surface area contributed by atoms with E-state index in [2.05, 4.69) is 15.6 Å². The third-order valence-corrected chi connectivity index (χ3v) is 2.61. The second kappa shape index (κ2) is 7.12. The van der Waals surface area contributed by atoms with E-state index in [0.717, 1.165) is 0 Å². The van der Waals surface area contributed by atoms with E-state index in [4.69, 9.17) is 10.8 Å². The van der Waals surface area contributed by atoms with Crippen LogP contribution in [0.2, 0.25) is 0 Å². The molecule has 1 rings (SSSR count). The van der Waals surface area contributed by atoms with E-state index >= 15 is 0 Å². The number of urea groups is 1. The summed E-state index contributed by atoms with van der Waals surface area (Å²) in [6, 6.07) is -1.81. The molecule has 0 fully saturated rings. The maximum atomic E-state index is 11.6. The maximum absolute atomic E-state index is 11.6. The molecule has 1 heterocycles. The van der Waals surface area contributed by atoms with E-state index < -0.39 is 23.9 Å². The number of hydrogen-bond acceptors (Lipinski definition) is 4. The standard InChI is InChI=1S/C11H17N5O4/c1-16-5-4-13-9(16)6-14-11(20)15-7(10(18)19)2-3-8(12)17/h4-5,7H,2-3,6H2,1H3,(H2,12,17)(H,18,19)(H2,14,15,20). The van der Waals surface area contributed by atoms with Crippen molar-refractivity contribution in [2.45, 2.75) is 25.4 Å². The number of nitrogens with two attached hydrogens (primary N) is 1. The number of carboxylic acids is 1. The number of aryl methyl sites for hydroxylation is 1. The van der Waals surface area contributed by atoms with Crippen LogP contribution in [0.15, 0.2) is 12.4 Å². The number of nitrogens with zero attached hydrogens (tertiary/aromatic N) is 2. The fraction of sp³-hybridized carbons (Fsp3) is 0.455. The minimum atomic E-state index is -1.22. The third-order valence-electron chi connectivity index (χ3n) is 2.61. The molecule has 0 saturated heterocycles. The van der Waals surface area contributed by atoms with Gasteiger partial charge in [0.2, 0.25) is 5.91 Å². The van der Waals surface area contributed by atoms with E-state index in [9.17, 15) is 14.4 Å². The van der Waals surface area contributed by atoms with Gasteiger partial charge in [-0.3, -0.25) is 4.79 Å². The molecule has 3 amide bonds. The van der Waals surface area contributed by atoms with Gasteiger partial charge in [0.25, 0.3) is 0 Å². The molecule has 0 aliphatic rings. The molecule has 0 spiro atoms. The molecule has 110 valence electrons. The van der Waals surface area contributed by atoms with Gasteiger partial charge in [0, 0.05) is 25.9 Å². The lowest BCUT2D eigenvalue weighted by Crippen LogP contribution is -2.46. The van der Waals surface area contributed by atoms with Crippen molar-refractivity contribution in [3.63, 3.8) is 0 Å². The first kappa shape index (κ1) is 15.5. The molecule has 9 heteroatoms. The van der Waals surface area contributed by atoms with Gasteiger partial charge in [-0.15, -0.1) is 0 Å². The average molecular weight is 283 g/mol. The van der Waals surface area contributed by atoms with Gasteiger partial charge in [0.1, 0.15) is 11.9 Å². The Labute approximate surface area is 115 Å². The van der Waals surface area contributed by atoms with Gasteiger partial charge < -0.3 is 26.0 Å².